The Bertz CT molecular complexity index is 710. The number of amides is 1. The number of hydrogen-bond donors (Lipinski definition) is 2. The van der Waals surface area contributed by atoms with Gasteiger partial charge in [-0.1, -0.05) is 12.2 Å². The molecule has 2 rings (SSSR count). The van der Waals surface area contributed by atoms with Crippen molar-refractivity contribution in [3.63, 3.8) is 0 Å². The monoisotopic (exact) mass is 321 g/mol. The molecule has 2 aromatic rings. The highest BCUT2D eigenvalue weighted by atomic mass is 32.1. The van der Waals surface area contributed by atoms with E-state index in [1.807, 2.05) is 13.8 Å². The Morgan fingerprint density at radius 2 is 2.14 bits per heavy atom. The van der Waals surface area contributed by atoms with E-state index in [1.54, 1.807) is 18.2 Å². The standard InChI is InChI=1S/C14H15N3O2S2/c1-7-12(21-8(2)16-7)14(18)17-10-5-4-9(13(15)20)6-11(10)19-3/h4-6H,1-3H3,(H2,15,20)(H,17,18). The van der Waals surface area contributed by atoms with Crippen molar-refractivity contribution in [2.24, 2.45) is 5.73 Å². The van der Waals surface area contributed by atoms with Gasteiger partial charge >= 0.3 is 0 Å². The van der Waals surface area contributed by atoms with E-state index in [1.165, 1.54) is 18.4 Å². The van der Waals surface area contributed by atoms with Crippen LogP contribution in [0.2, 0.25) is 0 Å². The first kappa shape index (κ1) is 15.4. The van der Waals surface area contributed by atoms with Crippen LogP contribution in [0.15, 0.2) is 18.2 Å². The summed E-state index contributed by atoms with van der Waals surface area (Å²) in [5.74, 6) is 0.298. The molecular weight excluding hydrogens is 306 g/mol. The maximum atomic E-state index is 12.3. The zero-order chi connectivity index (χ0) is 15.6. The van der Waals surface area contributed by atoms with Gasteiger partial charge in [0, 0.05) is 5.56 Å². The number of thiocarbonyl (C=S) groups is 1. The minimum Gasteiger partial charge on any atom is -0.495 e. The third-order valence-electron chi connectivity index (χ3n) is 2.84. The van der Waals surface area contributed by atoms with Gasteiger partial charge in [0.1, 0.15) is 15.6 Å². The van der Waals surface area contributed by atoms with Crippen LogP contribution in [-0.4, -0.2) is 23.0 Å². The topological polar surface area (TPSA) is 77.2 Å². The lowest BCUT2D eigenvalue weighted by molar-refractivity contribution is 0.102. The first-order valence-electron chi connectivity index (χ1n) is 6.15. The zero-order valence-electron chi connectivity index (χ0n) is 11.9. The van der Waals surface area contributed by atoms with E-state index in [9.17, 15) is 4.79 Å². The minimum absolute atomic E-state index is 0.209. The van der Waals surface area contributed by atoms with Crippen molar-refractivity contribution < 1.29 is 9.53 Å². The van der Waals surface area contributed by atoms with Gasteiger partial charge in [-0.25, -0.2) is 4.98 Å². The molecule has 0 aliphatic carbocycles. The van der Waals surface area contributed by atoms with Crippen LogP contribution in [-0.2, 0) is 0 Å². The molecule has 5 nitrogen and oxygen atoms in total. The second kappa shape index (κ2) is 6.19. The van der Waals surface area contributed by atoms with Crippen molar-refractivity contribution in [3.8, 4) is 5.75 Å². The van der Waals surface area contributed by atoms with E-state index in [0.29, 0.717) is 27.6 Å². The molecule has 0 atom stereocenters. The number of nitrogens with zero attached hydrogens (tertiary/aromatic N) is 1. The van der Waals surface area contributed by atoms with Crippen molar-refractivity contribution >= 4 is 40.1 Å². The second-order valence-corrected chi connectivity index (χ2v) is 6.02. The normalized spacial score (nSPS) is 10.2. The number of hydrogen-bond acceptors (Lipinski definition) is 5. The number of benzene rings is 1. The molecule has 0 unspecified atom stereocenters. The number of carbonyl (C=O) groups excluding carboxylic acids is 1. The van der Waals surface area contributed by atoms with Gasteiger partial charge in [-0.3, -0.25) is 4.79 Å². The number of rotatable bonds is 4. The van der Waals surface area contributed by atoms with Crippen LogP contribution in [0.1, 0.15) is 25.9 Å². The Hall–Kier alpha value is -1.99. The molecule has 1 heterocycles. The van der Waals surface area contributed by atoms with Crippen molar-refractivity contribution in [1.82, 2.24) is 4.98 Å². The number of nitrogens with two attached hydrogens (primary N) is 1. The fourth-order valence-corrected chi connectivity index (χ4v) is 2.81. The van der Waals surface area contributed by atoms with Gasteiger partial charge in [0.05, 0.1) is 23.5 Å². The van der Waals surface area contributed by atoms with Crippen molar-refractivity contribution in [1.29, 1.82) is 0 Å². The Balaban J connectivity index is 2.29. The summed E-state index contributed by atoms with van der Waals surface area (Å²) in [7, 11) is 1.52. The number of carbonyl (C=O) groups is 1. The SMILES string of the molecule is COc1cc(C(N)=S)ccc1NC(=O)c1sc(C)nc1C. The van der Waals surface area contributed by atoms with Gasteiger partial charge in [-0.2, -0.15) is 0 Å². The largest absolute Gasteiger partial charge is 0.495 e. The van der Waals surface area contributed by atoms with Crippen LogP contribution in [0.4, 0.5) is 5.69 Å². The first-order valence-corrected chi connectivity index (χ1v) is 7.38. The highest BCUT2D eigenvalue weighted by molar-refractivity contribution is 7.80. The maximum Gasteiger partial charge on any atom is 0.267 e. The van der Waals surface area contributed by atoms with Crippen LogP contribution in [0.25, 0.3) is 0 Å². The van der Waals surface area contributed by atoms with E-state index in [2.05, 4.69) is 10.3 Å². The average Bonchev–Trinajstić information content (AvgIpc) is 2.78. The molecule has 0 fully saturated rings. The molecule has 1 amide bonds. The zero-order valence-corrected chi connectivity index (χ0v) is 13.5. The molecule has 21 heavy (non-hydrogen) atoms. The van der Waals surface area contributed by atoms with Crippen molar-refractivity contribution in [2.45, 2.75) is 13.8 Å². The smallest absolute Gasteiger partial charge is 0.267 e. The molecule has 1 aromatic heterocycles. The summed E-state index contributed by atoms with van der Waals surface area (Å²) in [4.78, 5) is 17.4. The van der Waals surface area contributed by atoms with Gasteiger partial charge in [0.15, 0.2) is 0 Å². The van der Waals surface area contributed by atoms with Crippen LogP contribution >= 0.6 is 23.6 Å². The molecule has 0 saturated carbocycles. The fourth-order valence-electron chi connectivity index (χ4n) is 1.87. The number of methoxy groups -OCH3 is 1. The minimum atomic E-state index is -0.209. The first-order chi connectivity index (χ1) is 9.92. The summed E-state index contributed by atoms with van der Waals surface area (Å²) in [6.45, 7) is 3.68. The molecule has 7 heteroatoms. The Labute approximate surface area is 132 Å². The third kappa shape index (κ3) is 3.37. The Morgan fingerprint density at radius 1 is 1.43 bits per heavy atom. The lowest BCUT2D eigenvalue weighted by Crippen LogP contribution is -2.14. The summed E-state index contributed by atoms with van der Waals surface area (Å²) in [6.07, 6.45) is 0. The lowest BCUT2D eigenvalue weighted by Gasteiger charge is -2.11. The molecule has 3 N–H and O–H groups in total. The van der Waals surface area contributed by atoms with Crippen molar-refractivity contribution in [2.75, 3.05) is 12.4 Å². The molecule has 1 aromatic carbocycles. The summed E-state index contributed by atoms with van der Waals surface area (Å²) in [6, 6.07) is 5.16. The number of nitrogens with one attached hydrogen (secondary N) is 1. The van der Waals surface area contributed by atoms with Crippen LogP contribution in [0.3, 0.4) is 0 Å². The number of anilines is 1. The van der Waals surface area contributed by atoms with Crippen LogP contribution in [0.5, 0.6) is 5.75 Å². The third-order valence-corrected chi connectivity index (χ3v) is 4.15. The summed E-state index contributed by atoms with van der Waals surface area (Å²) < 4.78 is 5.27. The van der Waals surface area contributed by atoms with E-state index in [0.717, 1.165) is 5.01 Å². The van der Waals surface area contributed by atoms with E-state index < -0.39 is 0 Å². The number of ether oxygens (including phenoxy) is 1. The molecule has 0 aliphatic rings. The second-order valence-electron chi connectivity index (χ2n) is 4.38. The van der Waals surface area contributed by atoms with Gasteiger partial charge < -0.3 is 15.8 Å². The molecule has 0 radical (unpaired) electrons. The molecular formula is C14H15N3O2S2. The van der Waals surface area contributed by atoms with Gasteiger partial charge in [0.2, 0.25) is 0 Å². The molecule has 0 saturated heterocycles. The predicted molar refractivity (Wildman–Crippen MR) is 88.4 cm³/mol. The quantitative estimate of drug-likeness (QED) is 0.847. The van der Waals surface area contributed by atoms with Crippen molar-refractivity contribution in [3.05, 3.63) is 39.3 Å². The summed E-state index contributed by atoms with van der Waals surface area (Å²) in [5.41, 5.74) is 7.55. The van der Waals surface area contributed by atoms with Gasteiger partial charge in [-0.05, 0) is 32.0 Å². The molecule has 110 valence electrons. The van der Waals surface area contributed by atoms with E-state index >= 15 is 0 Å². The molecule has 0 spiro atoms. The van der Waals surface area contributed by atoms with E-state index in [-0.39, 0.29) is 10.9 Å². The predicted octanol–water partition coefficient (Wildman–Crippen LogP) is 2.66. The van der Waals surface area contributed by atoms with Crippen LogP contribution < -0.4 is 15.8 Å². The van der Waals surface area contributed by atoms with Gasteiger partial charge in [0.25, 0.3) is 5.91 Å². The number of aromatic nitrogens is 1. The highest BCUT2D eigenvalue weighted by Gasteiger charge is 2.16. The van der Waals surface area contributed by atoms with Crippen LogP contribution in [0, 0.1) is 13.8 Å². The molecule has 0 aliphatic heterocycles. The molecule has 0 bridgehead atoms. The van der Waals surface area contributed by atoms with Gasteiger partial charge in [-0.15, -0.1) is 11.3 Å². The average molecular weight is 321 g/mol. The summed E-state index contributed by atoms with van der Waals surface area (Å²) >= 11 is 6.28. The summed E-state index contributed by atoms with van der Waals surface area (Å²) in [5, 5.41) is 3.68. The fraction of sp³-hybridized carbons (Fsp3) is 0.214. The maximum absolute atomic E-state index is 12.3. The Kier molecular flexibility index (Phi) is 4.54. The number of thiazole rings is 1. The highest BCUT2D eigenvalue weighted by Crippen LogP contribution is 2.27. The van der Waals surface area contributed by atoms with E-state index in [4.69, 9.17) is 22.7 Å². The number of aryl methyl sites for hydroxylation is 2. The lowest BCUT2D eigenvalue weighted by atomic mass is 10.2. The Morgan fingerprint density at radius 3 is 2.67 bits per heavy atom.